The van der Waals surface area contributed by atoms with Crippen molar-refractivity contribution in [3.63, 3.8) is 0 Å². The Bertz CT molecular complexity index is 1260. The molecule has 0 aliphatic carbocycles. The Morgan fingerprint density at radius 3 is 2.56 bits per heavy atom. The average molecular weight is 542 g/mol. The number of ether oxygens (including phenoxy) is 1. The Labute approximate surface area is 226 Å². The summed E-state index contributed by atoms with van der Waals surface area (Å²) in [6.07, 6.45) is 0.554. The van der Waals surface area contributed by atoms with E-state index in [0.717, 1.165) is 36.9 Å². The number of aliphatic hydroxyl groups excluding tert-OH is 1. The third-order valence-electron chi connectivity index (χ3n) is 7.24. The number of hydrogen-bond donors (Lipinski definition) is 2. The average Bonchev–Trinajstić information content (AvgIpc) is 3.29. The number of aliphatic hydroxyl groups is 1. The normalized spacial score (nSPS) is 20.6. The number of β-amino-alcohol motifs (C(OH)–C–C–N with tert-alkyl or cyclic N) is 1. The fraction of sp³-hybridized carbons (Fsp3) is 0.483. The molecule has 2 aliphatic heterocycles. The van der Waals surface area contributed by atoms with Crippen molar-refractivity contribution in [1.29, 1.82) is 5.26 Å². The number of nitrogens with zero attached hydrogens (tertiary/aromatic N) is 3. The number of halogens is 2. The molecule has 1 amide bonds. The van der Waals surface area contributed by atoms with Crippen LogP contribution in [-0.2, 0) is 4.79 Å². The standard InChI is InChI=1S/C29H33F2N3O5/c1-29(2,31)17-33-10-8-18(9-11-33)16-39-25-7-6-19(12-20(25)14-32)22-4-3-5-23(30)26(22)27(36)34-15-21(35)13-24(34)28(37)38/h3-7,12,18,21,24,35H,8-11,13,15-17H2,1-2H3,(H,37,38)/t21-,24+/m1/s1. The summed E-state index contributed by atoms with van der Waals surface area (Å²) in [6, 6.07) is 9.65. The van der Waals surface area contributed by atoms with Crippen LogP contribution in [0.25, 0.3) is 11.1 Å². The second-order valence-electron chi connectivity index (χ2n) is 10.9. The first kappa shape index (κ1) is 28.5. The van der Waals surface area contributed by atoms with Crippen LogP contribution in [0.1, 0.15) is 49.0 Å². The molecule has 8 nitrogen and oxygen atoms in total. The fourth-order valence-corrected chi connectivity index (χ4v) is 5.36. The maximum absolute atomic E-state index is 15.0. The van der Waals surface area contributed by atoms with Crippen molar-refractivity contribution < 1.29 is 33.3 Å². The molecule has 2 fully saturated rings. The lowest BCUT2D eigenvalue weighted by Crippen LogP contribution is -2.41. The third-order valence-corrected chi connectivity index (χ3v) is 7.24. The van der Waals surface area contributed by atoms with Gasteiger partial charge < -0.3 is 24.7 Å². The van der Waals surface area contributed by atoms with E-state index in [9.17, 15) is 29.5 Å². The number of carbonyl (C=O) groups is 2. The van der Waals surface area contributed by atoms with E-state index in [1.807, 2.05) is 0 Å². The second kappa shape index (κ2) is 11.7. The summed E-state index contributed by atoms with van der Waals surface area (Å²) in [6.45, 7) is 5.27. The monoisotopic (exact) mass is 541 g/mol. The second-order valence-corrected chi connectivity index (χ2v) is 10.9. The van der Waals surface area contributed by atoms with Gasteiger partial charge in [0.2, 0.25) is 0 Å². The van der Waals surface area contributed by atoms with Gasteiger partial charge in [-0.1, -0.05) is 18.2 Å². The van der Waals surface area contributed by atoms with Crippen molar-refractivity contribution >= 4 is 11.9 Å². The Kier molecular flexibility index (Phi) is 8.52. The zero-order valence-electron chi connectivity index (χ0n) is 22.1. The molecule has 2 N–H and O–H groups in total. The highest BCUT2D eigenvalue weighted by Crippen LogP contribution is 2.33. The molecule has 0 aromatic heterocycles. The number of carbonyl (C=O) groups excluding carboxylic acids is 1. The minimum atomic E-state index is -1.28. The van der Waals surface area contributed by atoms with Gasteiger partial charge in [-0.15, -0.1) is 0 Å². The number of hydrogen-bond acceptors (Lipinski definition) is 6. The number of likely N-dealkylation sites (tertiary alicyclic amines) is 2. The summed E-state index contributed by atoms with van der Waals surface area (Å²) in [5.41, 5.74) is -0.746. The first-order chi connectivity index (χ1) is 18.5. The van der Waals surface area contributed by atoms with E-state index in [4.69, 9.17) is 4.74 Å². The van der Waals surface area contributed by atoms with Crippen molar-refractivity contribution in [2.24, 2.45) is 5.92 Å². The van der Waals surface area contributed by atoms with Crippen LogP contribution >= 0.6 is 0 Å². The molecule has 2 aromatic carbocycles. The van der Waals surface area contributed by atoms with E-state index in [-0.39, 0.29) is 35.6 Å². The fourth-order valence-electron chi connectivity index (χ4n) is 5.36. The van der Waals surface area contributed by atoms with E-state index in [0.29, 0.717) is 24.5 Å². The van der Waals surface area contributed by atoms with E-state index >= 15 is 4.39 Å². The van der Waals surface area contributed by atoms with Crippen molar-refractivity contribution in [1.82, 2.24) is 9.80 Å². The molecule has 0 saturated carbocycles. The van der Waals surface area contributed by atoms with Gasteiger partial charge in [-0.05, 0) is 75.0 Å². The van der Waals surface area contributed by atoms with Crippen molar-refractivity contribution in [2.45, 2.75) is 50.9 Å². The van der Waals surface area contributed by atoms with Crippen molar-refractivity contribution in [3.05, 3.63) is 53.3 Å². The quantitative estimate of drug-likeness (QED) is 0.522. The highest BCUT2D eigenvalue weighted by atomic mass is 19.1. The number of piperidine rings is 1. The molecule has 2 atom stereocenters. The third kappa shape index (κ3) is 6.72. The topological polar surface area (TPSA) is 114 Å². The summed E-state index contributed by atoms with van der Waals surface area (Å²) in [5, 5.41) is 29.2. The van der Waals surface area contributed by atoms with Crippen LogP contribution in [-0.4, -0.2) is 82.5 Å². The van der Waals surface area contributed by atoms with Gasteiger partial charge in [0.15, 0.2) is 0 Å². The molecule has 0 spiro atoms. The van der Waals surface area contributed by atoms with Gasteiger partial charge in [0.05, 0.1) is 23.8 Å². The number of rotatable bonds is 8. The molecule has 2 saturated heterocycles. The zero-order valence-corrected chi connectivity index (χ0v) is 22.1. The summed E-state index contributed by atoms with van der Waals surface area (Å²) < 4.78 is 34.9. The molecule has 2 aromatic rings. The van der Waals surface area contributed by atoms with Gasteiger partial charge in [-0.25, -0.2) is 13.6 Å². The predicted octanol–water partition coefficient (Wildman–Crippen LogP) is 3.86. The predicted molar refractivity (Wildman–Crippen MR) is 139 cm³/mol. The van der Waals surface area contributed by atoms with Gasteiger partial charge in [0, 0.05) is 19.5 Å². The molecule has 39 heavy (non-hydrogen) atoms. The summed E-state index contributed by atoms with van der Waals surface area (Å²) >= 11 is 0. The highest BCUT2D eigenvalue weighted by Gasteiger charge is 2.40. The Balaban J connectivity index is 1.51. The number of carboxylic acid groups (broad SMARTS) is 1. The van der Waals surface area contributed by atoms with Crippen LogP contribution in [0.4, 0.5) is 8.78 Å². The molecular formula is C29H33F2N3O5. The molecule has 0 radical (unpaired) electrons. The van der Waals surface area contributed by atoms with Crippen LogP contribution in [0.3, 0.4) is 0 Å². The number of alkyl halides is 1. The minimum Gasteiger partial charge on any atom is -0.492 e. The number of benzene rings is 2. The lowest BCUT2D eigenvalue weighted by molar-refractivity contribution is -0.141. The summed E-state index contributed by atoms with van der Waals surface area (Å²) in [7, 11) is 0. The van der Waals surface area contributed by atoms with Gasteiger partial charge in [-0.3, -0.25) is 4.79 Å². The Morgan fingerprint density at radius 2 is 1.92 bits per heavy atom. The first-order valence-corrected chi connectivity index (χ1v) is 13.1. The van der Waals surface area contributed by atoms with Crippen LogP contribution in [0.5, 0.6) is 5.75 Å². The van der Waals surface area contributed by atoms with E-state index in [1.54, 1.807) is 26.0 Å². The Morgan fingerprint density at radius 1 is 1.21 bits per heavy atom. The van der Waals surface area contributed by atoms with E-state index < -0.39 is 35.5 Å². The molecule has 0 unspecified atom stereocenters. The molecule has 2 aliphatic rings. The first-order valence-electron chi connectivity index (χ1n) is 13.1. The lowest BCUT2D eigenvalue weighted by atomic mass is 9.96. The summed E-state index contributed by atoms with van der Waals surface area (Å²) in [5.74, 6) is -2.31. The van der Waals surface area contributed by atoms with Gasteiger partial charge in [0.1, 0.15) is 29.3 Å². The molecule has 10 heteroatoms. The molecule has 2 heterocycles. The molecule has 4 rings (SSSR count). The SMILES string of the molecule is CC(C)(F)CN1CCC(COc2ccc(-c3cccc(F)c3C(=O)N3C[C@H](O)C[C@H]3C(=O)O)cc2C#N)CC1. The maximum Gasteiger partial charge on any atom is 0.326 e. The number of nitriles is 1. The van der Waals surface area contributed by atoms with Crippen molar-refractivity contribution in [2.75, 3.05) is 32.8 Å². The lowest BCUT2D eigenvalue weighted by Gasteiger charge is -2.34. The highest BCUT2D eigenvalue weighted by molar-refractivity contribution is 6.03. The number of amides is 1. The van der Waals surface area contributed by atoms with Crippen LogP contribution in [0, 0.1) is 23.1 Å². The van der Waals surface area contributed by atoms with Crippen LogP contribution in [0.15, 0.2) is 36.4 Å². The van der Waals surface area contributed by atoms with Crippen LogP contribution in [0.2, 0.25) is 0 Å². The maximum atomic E-state index is 15.0. The Hall–Kier alpha value is -3.55. The van der Waals surface area contributed by atoms with Gasteiger partial charge >= 0.3 is 5.97 Å². The largest absolute Gasteiger partial charge is 0.492 e. The zero-order chi connectivity index (χ0) is 28.3. The van der Waals surface area contributed by atoms with E-state index in [2.05, 4.69) is 11.0 Å². The number of aliphatic carboxylic acids is 1. The van der Waals surface area contributed by atoms with Gasteiger partial charge in [0.25, 0.3) is 5.91 Å². The van der Waals surface area contributed by atoms with Crippen molar-refractivity contribution in [3.8, 4) is 22.9 Å². The molecule has 0 bridgehead atoms. The van der Waals surface area contributed by atoms with Gasteiger partial charge in [-0.2, -0.15) is 5.26 Å². The summed E-state index contributed by atoms with van der Waals surface area (Å²) in [4.78, 5) is 28.0. The minimum absolute atomic E-state index is 0.137. The van der Waals surface area contributed by atoms with Crippen LogP contribution < -0.4 is 4.74 Å². The number of carboxylic acids is 1. The molecular weight excluding hydrogens is 508 g/mol. The molecule has 208 valence electrons. The smallest absolute Gasteiger partial charge is 0.326 e. The van der Waals surface area contributed by atoms with E-state index in [1.165, 1.54) is 18.2 Å².